The van der Waals surface area contributed by atoms with Gasteiger partial charge >= 0.3 is 0 Å². The highest BCUT2D eigenvalue weighted by molar-refractivity contribution is 5.89. The van der Waals surface area contributed by atoms with Gasteiger partial charge in [-0.05, 0) is 6.08 Å². The molecule has 0 spiro atoms. The second kappa shape index (κ2) is 4.99. The van der Waals surface area contributed by atoms with Crippen LogP contribution in [0.1, 0.15) is 13.3 Å². The molecule has 0 saturated heterocycles. The van der Waals surface area contributed by atoms with E-state index in [4.69, 9.17) is 5.73 Å². The average molecular weight is 142 g/mol. The zero-order valence-corrected chi connectivity index (χ0v) is 6.50. The standard InChI is InChI=1S/C7H14N2O/c1-3-7(10)4-5-9(2)6-8/h4-5H,3,6,8H2,1-2H3/b5-4-. The number of nitrogens with two attached hydrogens (primary N) is 1. The van der Waals surface area contributed by atoms with E-state index in [9.17, 15) is 4.79 Å². The maximum atomic E-state index is 10.7. The molecule has 0 rings (SSSR count). The third-order valence-corrected chi connectivity index (χ3v) is 1.15. The lowest BCUT2D eigenvalue weighted by atomic mass is 10.3. The molecule has 0 aromatic carbocycles. The molecule has 0 unspecified atom stereocenters. The largest absolute Gasteiger partial charge is 0.368 e. The van der Waals surface area contributed by atoms with Gasteiger partial charge in [-0.3, -0.25) is 4.79 Å². The van der Waals surface area contributed by atoms with Crippen molar-refractivity contribution in [3.8, 4) is 0 Å². The van der Waals surface area contributed by atoms with Crippen LogP contribution in [0.5, 0.6) is 0 Å². The van der Waals surface area contributed by atoms with Crippen LogP contribution in [0.3, 0.4) is 0 Å². The topological polar surface area (TPSA) is 46.3 Å². The number of carbonyl (C=O) groups excluding carboxylic acids is 1. The van der Waals surface area contributed by atoms with E-state index in [0.29, 0.717) is 13.1 Å². The van der Waals surface area contributed by atoms with Crippen LogP contribution in [0.15, 0.2) is 12.3 Å². The number of ketones is 1. The van der Waals surface area contributed by atoms with Gasteiger partial charge in [0.25, 0.3) is 0 Å². The van der Waals surface area contributed by atoms with Crippen molar-refractivity contribution < 1.29 is 4.79 Å². The van der Waals surface area contributed by atoms with Gasteiger partial charge < -0.3 is 10.6 Å². The summed E-state index contributed by atoms with van der Waals surface area (Å²) in [5, 5.41) is 0. The zero-order chi connectivity index (χ0) is 7.98. The number of hydrogen-bond acceptors (Lipinski definition) is 3. The van der Waals surface area contributed by atoms with Gasteiger partial charge in [0.05, 0.1) is 6.67 Å². The van der Waals surface area contributed by atoms with Crippen LogP contribution in [-0.4, -0.2) is 24.4 Å². The fraction of sp³-hybridized carbons (Fsp3) is 0.571. The Morgan fingerprint density at radius 3 is 2.70 bits per heavy atom. The van der Waals surface area contributed by atoms with Crippen molar-refractivity contribution >= 4 is 5.78 Å². The molecule has 0 bridgehead atoms. The third kappa shape index (κ3) is 4.09. The van der Waals surface area contributed by atoms with E-state index in [-0.39, 0.29) is 5.78 Å². The molecular formula is C7H14N2O. The van der Waals surface area contributed by atoms with E-state index >= 15 is 0 Å². The van der Waals surface area contributed by atoms with Gasteiger partial charge in [0.15, 0.2) is 5.78 Å². The molecule has 0 radical (unpaired) electrons. The van der Waals surface area contributed by atoms with E-state index in [1.54, 1.807) is 11.1 Å². The van der Waals surface area contributed by atoms with Crippen molar-refractivity contribution in [3.63, 3.8) is 0 Å². The third-order valence-electron chi connectivity index (χ3n) is 1.15. The predicted molar refractivity (Wildman–Crippen MR) is 41.3 cm³/mol. The fourth-order valence-electron chi connectivity index (χ4n) is 0.389. The normalized spacial score (nSPS) is 10.3. The summed E-state index contributed by atoms with van der Waals surface area (Å²) in [6, 6.07) is 0. The Balaban J connectivity index is 3.63. The lowest BCUT2D eigenvalue weighted by molar-refractivity contribution is -0.114. The summed E-state index contributed by atoms with van der Waals surface area (Å²) in [7, 11) is 1.82. The summed E-state index contributed by atoms with van der Waals surface area (Å²) in [5.74, 6) is 0.125. The van der Waals surface area contributed by atoms with Crippen molar-refractivity contribution in [1.82, 2.24) is 4.90 Å². The predicted octanol–water partition coefficient (Wildman–Crippen LogP) is 0.327. The van der Waals surface area contributed by atoms with E-state index in [1.165, 1.54) is 6.08 Å². The highest BCUT2D eigenvalue weighted by Gasteiger charge is 1.89. The molecule has 0 saturated carbocycles. The Hall–Kier alpha value is -0.830. The highest BCUT2D eigenvalue weighted by atomic mass is 16.1. The fourth-order valence-corrected chi connectivity index (χ4v) is 0.389. The average Bonchev–Trinajstić information content (AvgIpc) is 1.99. The molecule has 0 aromatic heterocycles. The molecule has 3 nitrogen and oxygen atoms in total. The molecule has 0 aliphatic heterocycles. The van der Waals surface area contributed by atoms with Crippen molar-refractivity contribution in [2.75, 3.05) is 13.7 Å². The molecule has 0 fully saturated rings. The first-order valence-corrected chi connectivity index (χ1v) is 3.32. The van der Waals surface area contributed by atoms with E-state index in [2.05, 4.69) is 0 Å². The first-order valence-electron chi connectivity index (χ1n) is 3.32. The van der Waals surface area contributed by atoms with Gasteiger partial charge in [-0.25, -0.2) is 0 Å². The number of carbonyl (C=O) groups is 1. The number of rotatable bonds is 4. The summed E-state index contributed by atoms with van der Waals surface area (Å²) in [6.45, 7) is 2.27. The van der Waals surface area contributed by atoms with Crippen LogP contribution in [0.2, 0.25) is 0 Å². The molecule has 58 valence electrons. The second-order valence-electron chi connectivity index (χ2n) is 2.08. The summed E-state index contributed by atoms with van der Waals surface area (Å²) in [5.41, 5.74) is 5.26. The Morgan fingerprint density at radius 1 is 1.70 bits per heavy atom. The van der Waals surface area contributed by atoms with Crippen LogP contribution in [0.25, 0.3) is 0 Å². The van der Waals surface area contributed by atoms with Gasteiger partial charge in [0.1, 0.15) is 0 Å². The lowest BCUT2D eigenvalue weighted by Gasteiger charge is -2.07. The van der Waals surface area contributed by atoms with Crippen molar-refractivity contribution in [1.29, 1.82) is 0 Å². The SMILES string of the molecule is CCC(=O)/C=C\N(C)CN. The van der Waals surface area contributed by atoms with Gasteiger partial charge in [-0.2, -0.15) is 0 Å². The molecule has 0 aliphatic rings. The molecule has 10 heavy (non-hydrogen) atoms. The van der Waals surface area contributed by atoms with Crippen LogP contribution in [0.4, 0.5) is 0 Å². The number of nitrogens with zero attached hydrogens (tertiary/aromatic N) is 1. The molecule has 0 heterocycles. The van der Waals surface area contributed by atoms with E-state index in [1.807, 2.05) is 14.0 Å². The molecule has 0 aliphatic carbocycles. The Bertz CT molecular complexity index is 132. The first kappa shape index (κ1) is 9.17. The van der Waals surface area contributed by atoms with Crippen LogP contribution >= 0.6 is 0 Å². The summed E-state index contributed by atoms with van der Waals surface area (Å²) in [4.78, 5) is 12.4. The van der Waals surface area contributed by atoms with Gasteiger partial charge in [0, 0.05) is 19.7 Å². The minimum absolute atomic E-state index is 0.125. The molecule has 3 heteroatoms. The van der Waals surface area contributed by atoms with Gasteiger partial charge in [0.2, 0.25) is 0 Å². The molecule has 2 N–H and O–H groups in total. The maximum absolute atomic E-state index is 10.7. The lowest BCUT2D eigenvalue weighted by Crippen LogP contribution is -2.19. The molecule has 0 atom stereocenters. The number of hydrogen-bond donors (Lipinski definition) is 1. The minimum Gasteiger partial charge on any atom is -0.368 e. The van der Waals surface area contributed by atoms with Crippen LogP contribution in [0, 0.1) is 0 Å². The summed E-state index contributed by atoms with van der Waals surface area (Å²) < 4.78 is 0. The summed E-state index contributed by atoms with van der Waals surface area (Å²) >= 11 is 0. The van der Waals surface area contributed by atoms with E-state index < -0.39 is 0 Å². The molecular weight excluding hydrogens is 128 g/mol. The van der Waals surface area contributed by atoms with Crippen molar-refractivity contribution in [2.45, 2.75) is 13.3 Å². The summed E-state index contributed by atoms with van der Waals surface area (Å²) in [6.07, 6.45) is 3.77. The monoisotopic (exact) mass is 142 g/mol. The van der Waals surface area contributed by atoms with Crippen molar-refractivity contribution in [2.24, 2.45) is 5.73 Å². The van der Waals surface area contributed by atoms with Gasteiger partial charge in [-0.15, -0.1) is 0 Å². The Kier molecular flexibility index (Phi) is 4.58. The van der Waals surface area contributed by atoms with E-state index in [0.717, 1.165) is 0 Å². The molecule has 0 amide bonds. The Morgan fingerprint density at radius 2 is 2.30 bits per heavy atom. The zero-order valence-electron chi connectivity index (χ0n) is 6.50. The first-order chi connectivity index (χ1) is 4.70. The van der Waals surface area contributed by atoms with Crippen LogP contribution < -0.4 is 5.73 Å². The van der Waals surface area contributed by atoms with Crippen molar-refractivity contribution in [3.05, 3.63) is 12.3 Å². The Labute approximate surface area is 61.5 Å². The molecule has 0 aromatic rings. The maximum Gasteiger partial charge on any atom is 0.156 e. The minimum atomic E-state index is 0.125. The highest BCUT2D eigenvalue weighted by Crippen LogP contribution is 1.85. The van der Waals surface area contributed by atoms with Gasteiger partial charge in [-0.1, -0.05) is 6.92 Å². The smallest absolute Gasteiger partial charge is 0.156 e. The quantitative estimate of drug-likeness (QED) is 0.454. The second-order valence-corrected chi connectivity index (χ2v) is 2.08. The van der Waals surface area contributed by atoms with Crippen LogP contribution in [-0.2, 0) is 4.79 Å². The number of allylic oxidation sites excluding steroid dienone is 1.